The van der Waals surface area contributed by atoms with E-state index < -0.39 is 0 Å². The zero-order valence-corrected chi connectivity index (χ0v) is 34.1. The molecule has 2 aromatic heterocycles. The van der Waals surface area contributed by atoms with Gasteiger partial charge in [-0.25, -0.2) is 15.0 Å². The molecule has 10 aromatic carbocycles. The summed E-state index contributed by atoms with van der Waals surface area (Å²) >= 11 is 0. The SMILES string of the molecule is c1ccc(-c2ccc(-c3nc(-c4ccc5cccc(-c6ccccc6)c5c4)nc(-c4cccc5oc6c(-c7ccc(-c8ccc9ccccc9c8)cc7)cccc6c45)n3)cc2)cc1. The van der Waals surface area contributed by atoms with Crippen LogP contribution in [-0.4, -0.2) is 15.0 Å². The van der Waals surface area contributed by atoms with Crippen molar-refractivity contribution < 1.29 is 4.42 Å². The van der Waals surface area contributed by atoms with Gasteiger partial charge in [0.2, 0.25) is 0 Å². The van der Waals surface area contributed by atoms with E-state index in [0.29, 0.717) is 17.5 Å². The van der Waals surface area contributed by atoms with Crippen LogP contribution in [-0.2, 0) is 0 Å². The molecule has 0 aliphatic carbocycles. The zero-order chi connectivity index (χ0) is 41.7. The van der Waals surface area contributed by atoms with Crippen molar-refractivity contribution in [3.8, 4) is 78.7 Å². The van der Waals surface area contributed by atoms with Crippen LogP contribution in [0.1, 0.15) is 0 Å². The Bertz CT molecular complexity index is 3650. The van der Waals surface area contributed by atoms with E-state index >= 15 is 0 Å². The van der Waals surface area contributed by atoms with Gasteiger partial charge in [-0.1, -0.05) is 206 Å². The highest BCUT2D eigenvalue weighted by atomic mass is 16.3. The number of hydrogen-bond donors (Lipinski definition) is 0. The first-order valence-corrected chi connectivity index (χ1v) is 21.2. The summed E-state index contributed by atoms with van der Waals surface area (Å²) in [5.41, 5.74) is 13.4. The van der Waals surface area contributed by atoms with Crippen LogP contribution >= 0.6 is 0 Å². The van der Waals surface area contributed by atoms with E-state index in [9.17, 15) is 0 Å². The number of hydrogen-bond acceptors (Lipinski definition) is 4. The molecule has 12 rings (SSSR count). The Morgan fingerprint density at radius 1 is 0.270 bits per heavy atom. The van der Waals surface area contributed by atoms with Gasteiger partial charge < -0.3 is 4.42 Å². The third-order valence-electron chi connectivity index (χ3n) is 12.2. The lowest BCUT2D eigenvalue weighted by Crippen LogP contribution is -2.00. The minimum absolute atomic E-state index is 0.581. The molecule has 12 aromatic rings. The first-order chi connectivity index (χ1) is 31.2. The van der Waals surface area contributed by atoms with Crippen LogP contribution < -0.4 is 0 Å². The first-order valence-electron chi connectivity index (χ1n) is 21.2. The standard InChI is InChI=1S/C59H37N3O/c1-3-12-38(13-4-1)40-26-32-45(33-27-40)57-60-58(48-35-31-43-18-9-19-49(53(43)37-48)42-15-5-2-6-16-42)62-59(61-57)52-22-11-23-54-55(52)51-21-10-20-50(56(51)63-54)44-29-24-41(25-30-44)47-34-28-39-14-7-8-17-46(39)36-47/h1-37H. The van der Waals surface area contributed by atoms with Crippen molar-refractivity contribution in [1.82, 2.24) is 15.0 Å². The molecule has 0 amide bonds. The van der Waals surface area contributed by atoms with E-state index in [1.54, 1.807) is 0 Å². The maximum atomic E-state index is 6.78. The lowest BCUT2D eigenvalue weighted by molar-refractivity contribution is 0.670. The molecule has 294 valence electrons. The molecule has 0 fully saturated rings. The molecule has 0 aliphatic rings. The van der Waals surface area contributed by atoms with Crippen molar-refractivity contribution in [2.24, 2.45) is 0 Å². The van der Waals surface area contributed by atoms with Gasteiger partial charge in [0.1, 0.15) is 11.2 Å². The Kier molecular flexibility index (Phi) is 8.79. The second-order valence-corrected chi connectivity index (χ2v) is 16.0. The fourth-order valence-electron chi connectivity index (χ4n) is 8.95. The highest BCUT2D eigenvalue weighted by Crippen LogP contribution is 2.41. The number of rotatable bonds is 7. The monoisotopic (exact) mass is 803 g/mol. The molecule has 0 N–H and O–H groups in total. The Morgan fingerprint density at radius 3 is 1.57 bits per heavy atom. The van der Waals surface area contributed by atoms with E-state index in [-0.39, 0.29) is 0 Å². The second-order valence-electron chi connectivity index (χ2n) is 16.0. The average Bonchev–Trinajstić information content (AvgIpc) is 3.76. The number of furan rings is 1. The Balaban J connectivity index is 0.997. The number of aromatic nitrogens is 3. The largest absolute Gasteiger partial charge is 0.455 e. The summed E-state index contributed by atoms with van der Waals surface area (Å²) in [6.07, 6.45) is 0. The highest BCUT2D eigenvalue weighted by Gasteiger charge is 2.20. The van der Waals surface area contributed by atoms with Crippen LogP contribution in [0.5, 0.6) is 0 Å². The molecular weight excluding hydrogens is 767 g/mol. The van der Waals surface area contributed by atoms with Crippen LogP contribution in [0.4, 0.5) is 0 Å². The summed E-state index contributed by atoms with van der Waals surface area (Å²) in [5, 5.41) is 6.73. The van der Waals surface area contributed by atoms with Gasteiger partial charge in [0.15, 0.2) is 17.5 Å². The smallest absolute Gasteiger partial charge is 0.164 e. The van der Waals surface area contributed by atoms with Crippen molar-refractivity contribution in [3.05, 3.63) is 224 Å². The van der Waals surface area contributed by atoms with Crippen molar-refractivity contribution in [2.75, 3.05) is 0 Å². The summed E-state index contributed by atoms with van der Waals surface area (Å²) in [6, 6.07) is 78.8. The Morgan fingerprint density at radius 2 is 0.778 bits per heavy atom. The van der Waals surface area contributed by atoms with Crippen LogP contribution in [0.2, 0.25) is 0 Å². The van der Waals surface area contributed by atoms with Crippen molar-refractivity contribution in [2.45, 2.75) is 0 Å². The molecule has 0 aliphatic heterocycles. The van der Waals surface area contributed by atoms with Gasteiger partial charge in [-0.05, 0) is 78.7 Å². The second kappa shape index (κ2) is 15.2. The third-order valence-corrected chi connectivity index (χ3v) is 12.2. The van der Waals surface area contributed by atoms with Crippen molar-refractivity contribution >= 4 is 43.5 Å². The molecule has 0 saturated heterocycles. The van der Waals surface area contributed by atoms with E-state index in [4.69, 9.17) is 19.4 Å². The summed E-state index contributed by atoms with van der Waals surface area (Å²) in [4.78, 5) is 15.7. The van der Waals surface area contributed by atoms with Gasteiger partial charge in [0.05, 0.1) is 0 Å². The molecule has 0 saturated carbocycles. The van der Waals surface area contributed by atoms with Gasteiger partial charge >= 0.3 is 0 Å². The predicted molar refractivity (Wildman–Crippen MR) is 260 cm³/mol. The molecule has 0 unspecified atom stereocenters. The summed E-state index contributed by atoms with van der Waals surface area (Å²) in [6.45, 7) is 0. The summed E-state index contributed by atoms with van der Waals surface area (Å²) < 4.78 is 6.78. The van der Waals surface area contributed by atoms with Gasteiger partial charge in [0, 0.05) is 33.0 Å². The Hall–Kier alpha value is -8.47. The topological polar surface area (TPSA) is 51.8 Å². The summed E-state index contributed by atoms with van der Waals surface area (Å²) in [5.74, 6) is 1.78. The number of benzene rings is 10. The first kappa shape index (κ1) is 36.4. The molecule has 0 spiro atoms. The van der Waals surface area contributed by atoms with Gasteiger partial charge in [-0.3, -0.25) is 0 Å². The van der Waals surface area contributed by atoms with E-state index in [1.807, 2.05) is 18.2 Å². The van der Waals surface area contributed by atoms with E-state index in [1.165, 1.54) is 21.9 Å². The lowest BCUT2D eigenvalue weighted by atomic mass is 9.96. The van der Waals surface area contributed by atoms with Gasteiger partial charge in [0.25, 0.3) is 0 Å². The minimum atomic E-state index is 0.581. The molecule has 4 heteroatoms. The Labute approximate surface area is 364 Å². The fraction of sp³-hybridized carbons (Fsp3) is 0. The van der Waals surface area contributed by atoms with Crippen LogP contribution in [0.25, 0.3) is 122 Å². The van der Waals surface area contributed by atoms with E-state index in [0.717, 1.165) is 82.8 Å². The third kappa shape index (κ3) is 6.62. The van der Waals surface area contributed by atoms with Crippen LogP contribution in [0.15, 0.2) is 229 Å². The van der Waals surface area contributed by atoms with Crippen LogP contribution in [0.3, 0.4) is 0 Å². The van der Waals surface area contributed by atoms with E-state index in [2.05, 4.69) is 206 Å². The molecular formula is C59H37N3O. The molecule has 0 bridgehead atoms. The molecule has 63 heavy (non-hydrogen) atoms. The van der Waals surface area contributed by atoms with Crippen molar-refractivity contribution in [1.29, 1.82) is 0 Å². The number of para-hydroxylation sites is 1. The van der Waals surface area contributed by atoms with Gasteiger partial charge in [-0.15, -0.1) is 0 Å². The molecule has 0 radical (unpaired) electrons. The highest BCUT2D eigenvalue weighted by molar-refractivity contribution is 6.15. The average molecular weight is 804 g/mol. The number of nitrogens with zero attached hydrogens (tertiary/aromatic N) is 3. The number of fused-ring (bicyclic) bond motifs is 5. The van der Waals surface area contributed by atoms with Crippen LogP contribution in [0, 0.1) is 0 Å². The maximum absolute atomic E-state index is 6.78. The fourth-order valence-corrected chi connectivity index (χ4v) is 8.95. The predicted octanol–water partition coefficient (Wildman–Crippen LogP) is 15.7. The lowest BCUT2D eigenvalue weighted by Gasteiger charge is -2.12. The normalized spacial score (nSPS) is 11.5. The zero-order valence-electron chi connectivity index (χ0n) is 34.1. The van der Waals surface area contributed by atoms with Gasteiger partial charge in [-0.2, -0.15) is 0 Å². The quantitative estimate of drug-likeness (QED) is 0.161. The minimum Gasteiger partial charge on any atom is -0.455 e. The molecule has 2 heterocycles. The molecule has 4 nitrogen and oxygen atoms in total. The molecule has 0 atom stereocenters. The van der Waals surface area contributed by atoms with Crippen molar-refractivity contribution in [3.63, 3.8) is 0 Å². The summed E-state index contributed by atoms with van der Waals surface area (Å²) in [7, 11) is 0. The maximum Gasteiger partial charge on any atom is 0.164 e.